The molecule has 58 heavy (non-hydrogen) atoms. The molecule has 2 fully saturated rings. The first kappa shape index (κ1) is 45.0. The van der Waals surface area contributed by atoms with E-state index in [1.807, 2.05) is 55.7 Å². The summed E-state index contributed by atoms with van der Waals surface area (Å²) in [4.78, 5) is 49.4. The smallest absolute Gasteiger partial charge is 0.410 e. The second kappa shape index (κ2) is 18.4. The number of ether oxygens (including phenoxy) is 3. The van der Waals surface area contributed by atoms with Crippen LogP contribution in [0.3, 0.4) is 0 Å². The highest BCUT2D eigenvalue weighted by atomic mass is 28.4. The Kier molecular flexibility index (Phi) is 14.3. The number of hydrogen-bond donors (Lipinski definition) is 0. The summed E-state index contributed by atoms with van der Waals surface area (Å²) in [5.41, 5.74) is 0.442. The Hall–Kier alpha value is -4.14. The third-order valence-electron chi connectivity index (χ3n) is 11.6. The molecule has 318 valence electrons. The maximum Gasteiger partial charge on any atom is 0.410 e. The largest absolute Gasteiger partial charge is 0.453 e. The van der Waals surface area contributed by atoms with Gasteiger partial charge >= 0.3 is 12.1 Å². The van der Waals surface area contributed by atoms with E-state index in [0.717, 1.165) is 23.8 Å². The van der Waals surface area contributed by atoms with Crippen LogP contribution in [-0.2, 0) is 34.8 Å². The molecule has 2 saturated heterocycles. The second-order valence-corrected chi connectivity index (χ2v) is 23.1. The van der Waals surface area contributed by atoms with E-state index in [9.17, 15) is 18.8 Å². The third kappa shape index (κ3) is 11.3. The molecule has 5 rings (SSSR count). The number of esters is 1. The van der Waals surface area contributed by atoms with E-state index in [1.54, 1.807) is 22.9 Å². The van der Waals surface area contributed by atoms with E-state index in [1.165, 1.54) is 6.92 Å². The first-order chi connectivity index (χ1) is 27.1. The summed E-state index contributed by atoms with van der Waals surface area (Å²) < 4.78 is 56.0. The molecule has 0 bridgehead atoms. The van der Waals surface area contributed by atoms with Gasteiger partial charge in [-0.05, 0) is 88.3 Å². The van der Waals surface area contributed by atoms with Crippen molar-refractivity contribution in [1.29, 1.82) is 0 Å². The number of carbonyl (C=O) groups is 3. The SMILES string of the molecule is CC(=O)O[C@@H](C)C(=O)N(C[C@@H]1CN(C(=O)OC(C)(C)C)C[C@H]1CO[Si](C)(C)C(C)(C)C)[C@@H](c1nc(-c2cc(F)ccc2F)cn1Cc1ccccc1)C1CCOCC1. The topological polar surface area (TPSA) is 112 Å². The minimum Gasteiger partial charge on any atom is -0.453 e. The van der Waals surface area contributed by atoms with Gasteiger partial charge in [-0.2, -0.15) is 0 Å². The van der Waals surface area contributed by atoms with Gasteiger partial charge in [0.25, 0.3) is 5.91 Å². The molecule has 3 heterocycles. The summed E-state index contributed by atoms with van der Waals surface area (Å²) in [6.45, 7) is 21.6. The number of carbonyl (C=O) groups excluding carboxylic acids is 3. The molecule has 2 amide bonds. The van der Waals surface area contributed by atoms with Gasteiger partial charge in [0.15, 0.2) is 14.4 Å². The Labute approximate surface area is 343 Å². The van der Waals surface area contributed by atoms with Crippen molar-refractivity contribution in [3.63, 3.8) is 0 Å². The standard InChI is InChI=1S/C44H62F2N4O7Si/c1-29(56-30(2)51)41(52)50(26-33-24-49(42(53)57-43(3,4)5)25-34(33)28-55-58(9,10)44(6,7)8)39(32-18-20-54-21-19-32)40-47-38(36-22-35(45)16-17-37(36)46)27-48(40)23-31-14-12-11-13-15-31/h11-17,22,27,29,32-34,39H,18-21,23-26,28H2,1-10H3/t29-,33-,34-,39+/m0/s1. The lowest BCUT2D eigenvalue weighted by molar-refractivity contribution is -0.160. The first-order valence-electron chi connectivity index (χ1n) is 20.4. The molecular formula is C44H62F2N4O7Si. The van der Waals surface area contributed by atoms with Crippen LogP contribution >= 0.6 is 0 Å². The second-order valence-electron chi connectivity index (χ2n) is 18.3. The zero-order chi connectivity index (χ0) is 42.6. The number of hydrogen-bond acceptors (Lipinski definition) is 8. The molecule has 0 N–H and O–H groups in total. The predicted octanol–water partition coefficient (Wildman–Crippen LogP) is 8.63. The fourth-order valence-electron chi connectivity index (χ4n) is 7.50. The number of rotatable bonds is 13. The number of aromatic nitrogens is 2. The van der Waals surface area contributed by atoms with E-state index in [-0.39, 0.29) is 40.6 Å². The Balaban J connectivity index is 1.66. The van der Waals surface area contributed by atoms with Crippen LogP contribution in [0.25, 0.3) is 11.3 Å². The van der Waals surface area contributed by atoms with E-state index in [0.29, 0.717) is 58.1 Å². The minimum absolute atomic E-state index is 0.00316. The van der Waals surface area contributed by atoms with Gasteiger partial charge in [-0.3, -0.25) is 9.59 Å². The van der Waals surface area contributed by atoms with Crippen molar-refractivity contribution >= 4 is 26.3 Å². The number of likely N-dealkylation sites (tertiary alicyclic amines) is 1. The van der Waals surface area contributed by atoms with Gasteiger partial charge in [-0.25, -0.2) is 18.6 Å². The number of halogens is 2. The van der Waals surface area contributed by atoms with Crippen LogP contribution in [0.2, 0.25) is 18.1 Å². The molecule has 3 aromatic rings. The van der Waals surface area contributed by atoms with Crippen LogP contribution in [0.4, 0.5) is 13.6 Å². The monoisotopic (exact) mass is 824 g/mol. The van der Waals surface area contributed by atoms with Gasteiger partial charge in [-0.1, -0.05) is 51.1 Å². The molecule has 0 radical (unpaired) electrons. The quantitative estimate of drug-likeness (QED) is 0.125. The zero-order valence-corrected chi connectivity index (χ0v) is 36.8. The van der Waals surface area contributed by atoms with E-state index in [2.05, 4.69) is 33.9 Å². The zero-order valence-electron chi connectivity index (χ0n) is 35.8. The van der Waals surface area contributed by atoms with Crippen LogP contribution < -0.4 is 0 Å². The van der Waals surface area contributed by atoms with Crippen molar-refractivity contribution in [2.45, 2.75) is 111 Å². The fourth-order valence-corrected chi connectivity index (χ4v) is 8.56. The molecular weight excluding hydrogens is 763 g/mol. The fraction of sp³-hybridized carbons (Fsp3) is 0.591. The highest BCUT2D eigenvalue weighted by Gasteiger charge is 2.46. The number of benzene rings is 2. The van der Waals surface area contributed by atoms with E-state index in [4.69, 9.17) is 23.6 Å². The number of imidazole rings is 1. The maximum absolute atomic E-state index is 15.4. The molecule has 1 aromatic heterocycles. The average molecular weight is 825 g/mol. The van der Waals surface area contributed by atoms with Crippen molar-refractivity contribution in [1.82, 2.24) is 19.4 Å². The molecule has 11 nitrogen and oxygen atoms in total. The summed E-state index contributed by atoms with van der Waals surface area (Å²) in [5.74, 6) is -2.40. The minimum atomic E-state index is -2.23. The Bertz CT molecular complexity index is 1890. The molecule has 14 heteroatoms. The van der Waals surface area contributed by atoms with Gasteiger partial charge in [0.1, 0.15) is 23.1 Å². The van der Waals surface area contributed by atoms with Crippen molar-refractivity contribution in [2.75, 3.05) is 39.5 Å². The molecule has 2 aliphatic heterocycles. The van der Waals surface area contributed by atoms with Crippen molar-refractivity contribution in [3.8, 4) is 11.3 Å². The summed E-state index contributed by atoms with van der Waals surface area (Å²) in [5, 5.41) is -0.0593. The predicted molar refractivity (Wildman–Crippen MR) is 220 cm³/mol. The van der Waals surface area contributed by atoms with Crippen LogP contribution in [0.1, 0.15) is 85.7 Å². The maximum atomic E-state index is 15.4. The van der Waals surface area contributed by atoms with E-state index >= 15 is 4.39 Å². The van der Waals surface area contributed by atoms with Crippen LogP contribution in [0, 0.1) is 29.4 Å². The lowest BCUT2D eigenvalue weighted by Crippen LogP contribution is -2.49. The Morgan fingerprint density at radius 2 is 1.64 bits per heavy atom. The third-order valence-corrected chi connectivity index (χ3v) is 16.1. The Morgan fingerprint density at radius 3 is 2.26 bits per heavy atom. The van der Waals surface area contributed by atoms with Crippen LogP contribution in [0.5, 0.6) is 0 Å². The van der Waals surface area contributed by atoms with Gasteiger partial charge < -0.3 is 33.0 Å². The van der Waals surface area contributed by atoms with Crippen LogP contribution in [0.15, 0.2) is 54.7 Å². The summed E-state index contributed by atoms with van der Waals surface area (Å²) in [6.07, 6.45) is 1.29. The Morgan fingerprint density at radius 1 is 0.983 bits per heavy atom. The van der Waals surface area contributed by atoms with E-state index < -0.39 is 55.7 Å². The van der Waals surface area contributed by atoms with Gasteiger partial charge in [0.2, 0.25) is 0 Å². The number of nitrogens with zero attached hydrogens (tertiary/aromatic N) is 4. The average Bonchev–Trinajstić information content (AvgIpc) is 3.74. The van der Waals surface area contributed by atoms with Crippen molar-refractivity contribution in [3.05, 3.63) is 77.8 Å². The molecule has 2 aliphatic rings. The highest BCUT2D eigenvalue weighted by molar-refractivity contribution is 6.74. The molecule has 4 atom stereocenters. The molecule has 0 saturated carbocycles. The lowest BCUT2D eigenvalue weighted by atomic mass is 9.87. The van der Waals surface area contributed by atoms with Gasteiger partial charge in [0.05, 0.1) is 11.7 Å². The highest BCUT2D eigenvalue weighted by Crippen LogP contribution is 2.41. The molecule has 0 spiro atoms. The first-order valence-corrected chi connectivity index (χ1v) is 23.3. The molecule has 0 aliphatic carbocycles. The van der Waals surface area contributed by atoms with Crippen molar-refractivity contribution < 1.29 is 41.8 Å². The normalized spacial score (nSPS) is 19.1. The summed E-state index contributed by atoms with van der Waals surface area (Å²) >= 11 is 0. The van der Waals surface area contributed by atoms with Crippen LogP contribution in [-0.4, -0.2) is 96.8 Å². The number of amides is 2. The van der Waals surface area contributed by atoms with Gasteiger partial charge in [-0.15, -0.1) is 0 Å². The lowest BCUT2D eigenvalue weighted by Gasteiger charge is -2.41. The summed E-state index contributed by atoms with van der Waals surface area (Å²) in [6, 6.07) is 12.3. The summed E-state index contributed by atoms with van der Waals surface area (Å²) in [7, 11) is -2.23. The van der Waals surface area contributed by atoms with Gasteiger partial charge in [0, 0.05) is 76.5 Å². The van der Waals surface area contributed by atoms with Crippen molar-refractivity contribution in [2.24, 2.45) is 17.8 Å². The molecule has 0 unspecified atom stereocenters. The molecule has 2 aromatic carbocycles.